The number of hydrogen-bond acceptors (Lipinski definition) is 4. The number of furan rings is 1. The average Bonchev–Trinajstić information content (AvgIpc) is 3.16. The number of rotatable bonds is 3. The summed E-state index contributed by atoms with van der Waals surface area (Å²) in [5, 5.41) is 21.9. The number of nitrogens with one attached hydrogen (secondary N) is 2. The van der Waals surface area contributed by atoms with Crippen LogP contribution in [0.25, 0.3) is 21.9 Å². The molecule has 0 saturated carbocycles. The first-order valence-electron chi connectivity index (χ1n) is 7.39. The fourth-order valence-corrected chi connectivity index (χ4v) is 2.73. The van der Waals surface area contributed by atoms with Crippen LogP contribution in [-0.2, 0) is 0 Å². The number of amides is 1. The lowest BCUT2D eigenvalue weighted by atomic mass is 10.2. The van der Waals surface area contributed by atoms with Crippen molar-refractivity contribution in [3.8, 4) is 5.75 Å². The van der Waals surface area contributed by atoms with E-state index in [1.807, 2.05) is 0 Å². The summed E-state index contributed by atoms with van der Waals surface area (Å²) in [6, 6.07) is 12.7. The number of aromatic nitrogens is 1. The predicted molar refractivity (Wildman–Crippen MR) is 91.3 cm³/mol. The Morgan fingerprint density at radius 2 is 1.84 bits per heavy atom. The zero-order valence-electron chi connectivity index (χ0n) is 12.7. The molecule has 7 nitrogen and oxygen atoms in total. The molecule has 0 saturated heterocycles. The van der Waals surface area contributed by atoms with E-state index in [4.69, 9.17) is 9.52 Å². The monoisotopic (exact) mass is 336 g/mol. The lowest BCUT2D eigenvalue weighted by Gasteiger charge is -1.99. The fraction of sp³-hybridized carbons (Fsp3) is 0. The summed E-state index contributed by atoms with van der Waals surface area (Å²) in [5.41, 5.74) is 1.95. The normalized spacial score (nSPS) is 11.0. The smallest absolute Gasteiger partial charge is 0.409 e. The Morgan fingerprint density at radius 1 is 1.00 bits per heavy atom. The third-order valence-corrected chi connectivity index (χ3v) is 3.84. The molecule has 4 rings (SSSR count). The number of anilines is 1. The van der Waals surface area contributed by atoms with Gasteiger partial charge >= 0.3 is 6.09 Å². The Balaban J connectivity index is 1.72. The molecule has 4 aromatic rings. The molecule has 4 N–H and O–H groups in total. The Kier molecular flexibility index (Phi) is 3.21. The topological polar surface area (TPSA) is 116 Å². The quantitative estimate of drug-likeness (QED) is 0.423. The van der Waals surface area contributed by atoms with Gasteiger partial charge in [-0.3, -0.25) is 10.1 Å². The maximum absolute atomic E-state index is 12.6. The van der Waals surface area contributed by atoms with Gasteiger partial charge < -0.3 is 19.6 Å². The summed E-state index contributed by atoms with van der Waals surface area (Å²) in [6.45, 7) is 0. The molecule has 2 aromatic heterocycles. The molecule has 0 bridgehead atoms. The van der Waals surface area contributed by atoms with Gasteiger partial charge in [-0.15, -0.1) is 0 Å². The van der Waals surface area contributed by atoms with Crippen molar-refractivity contribution in [3.05, 3.63) is 60.0 Å². The largest absolute Gasteiger partial charge is 0.508 e. The van der Waals surface area contributed by atoms with Gasteiger partial charge in [0.2, 0.25) is 5.78 Å². The molecular weight excluding hydrogens is 324 g/mol. The standard InChI is InChI=1S/C18H12N2O5/c21-12-2-4-15-10(6-12)8-16(25-15)17(22)14-7-9-5-11(19-18(23)24)1-3-13(9)20-14/h1-8,19-21H,(H,23,24). The van der Waals surface area contributed by atoms with Crippen molar-refractivity contribution in [2.75, 3.05) is 5.32 Å². The van der Waals surface area contributed by atoms with E-state index in [-0.39, 0.29) is 17.3 Å². The van der Waals surface area contributed by atoms with E-state index in [0.29, 0.717) is 33.3 Å². The first kappa shape index (κ1) is 14.8. The lowest BCUT2D eigenvalue weighted by Crippen LogP contribution is -2.06. The minimum atomic E-state index is -1.16. The van der Waals surface area contributed by atoms with Gasteiger partial charge in [-0.1, -0.05) is 0 Å². The van der Waals surface area contributed by atoms with E-state index in [0.717, 1.165) is 0 Å². The van der Waals surface area contributed by atoms with Crippen molar-refractivity contribution in [1.82, 2.24) is 4.98 Å². The molecule has 0 unspecified atom stereocenters. The Bertz CT molecular complexity index is 1140. The number of ketones is 1. The average molecular weight is 336 g/mol. The number of phenols is 1. The number of hydrogen-bond donors (Lipinski definition) is 4. The molecule has 0 fully saturated rings. The SMILES string of the molecule is O=C(O)Nc1ccc2[nH]c(C(=O)c3cc4cc(O)ccc4o3)cc2c1. The first-order valence-corrected chi connectivity index (χ1v) is 7.39. The van der Waals surface area contributed by atoms with Crippen molar-refractivity contribution >= 4 is 39.4 Å². The third kappa shape index (κ3) is 2.67. The lowest BCUT2D eigenvalue weighted by molar-refractivity contribution is 0.101. The molecule has 0 atom stereocenters. The number of carbonyl (C=O) groups is 2. The molecule has 2 aromatic carbocycles. The number of aromatic hydroxyl groups is 1. The van der Waals surface area contributed by atoms with E-state index in [1.54, 1.807) is 36.4 Å². The van der Waals surface area contributed by atoms with Crippen LogP contribution < -0.4 is 5.32 Å². The highest BCUT2D eigenvalue weighted by Crippen LogP contribution is 2.26. The van der Waals surface area contributed by atoms with Crippen LogP contribution in [-0.4, -0.2) is 27.1 Å². The first-order chi connectivity index (χ1) is 12.0. The van der Waals surface area contributed by atoms with Crippen LogP contribution >= 0.6 is 0 Å². The number of aromatic amines is 1. The van der Waals surface area contributed by atoms with E-state index in [2.05, 4.69) is 10.3 Å². The molecule has 25 heavy (non-hydrogen) atoms. The van der Waals surface area contributed by atoms with E-state index in [9.17, 15) is 14.7 Å². The van der Waals surface area contributed by atoms with Crippen LogP contribution in [0.15, 0.2) is 52.9 Å². The van der Waals surface area contributed by atoms with Crippen LogP contribution in [0.4, 0.5) is 10.5 Å². The molecule has 0 radical (unpaired) electrons. The number of carboxylic acid groups (broad SMARTS) is 1. The Labute approximate surface area is 140 Å². The van der Waals surface area contributed by atoms with Crippen LogP contribution in [0.1, 0.15) is 16.2 Å². The van der Waals surface area contributed by atoms with Gasteiger partial charge in [0.25, 0.3) is 0 Å². The van der Waals surface area contributed by atoms with Crippen LogP contribution in [0.3, 0.4) is 0 Å². The molecule has 0 spiro atoms. The molecule has 0 aliphatic heterocycles. The summed E-state index contributed by atoms with van der Waals surface area (Å²) < 4.78 is 5.54. The molecule has 2 heterocycles. The number of benzene rings is 2. The van der Waals surface area contributed by atoms with Crippen LogP contribution in [0.2, 0.25) is 0 Å². The molecule has 124 valence electrons. The van der Waals surface area contributed by atoms with Gasteiger partial charge in [-0.2, -0.15) is 0 Å². The van der Waals surface area contributed by atoms with Crippen molar-refractivity contribution in [2.45, 2.75) is 0 Å². The summed E-state index contributed by atoms with van der Waals surface area (Å²) in [7, 11) is 0. The Morgan fingerprint density at radius 3 is 2.64 bits per heavy atom. The van der Waals surface area contributed by atoms with Gasteiger partial charge in [-0.05, 0) is 48.5 Å². The van der Waals surface area contributed by atoms with Gasteiger partial charge in [0.15, 0.2) is 5.76 Å². The van der Waals surface area contributed by atoms with Gasteiger partial charge in [-0.25, -0.2) is 4.79 Å². The van der Waals surface area contributed by atoms with E-state index >= 15 is 0 Å². The molecule has 1 amide bonds. The second-order valence-corrected chi connectivity index (χ2v) is 5.58. The zero-order valence-corrected chi connectivity index (χ0v) is 12.7. The minimum absolute atomic E-state index is 0.0939. The number of H-pyrrole nitrogens is 1. The summed E-state index contributed by atoms with van der Waals surface area (Å²) in [4.78, 5) is 26.3. The second kappa shape index (κ2) is 5.41. The van der Waals surface area contributed by atoms with Crippen LogP contribution in [0.5, 0.6) is 5.75 Å². The summed E-state index contributed by atoms with van der Waals surface area (Å²) in [6.07, 6.45) is -1.16. The maximum atomic E-state index is 12.6. The second-order valence-electron chi connectivity index (χ2n) is 5.58. The van der Waals surface area contributed by atoms with Crippen LogP contribution in [0, 0.1) is 0 Å². The van der Waals surface area contributed by atoms with Gasteiger partial charge in [0, 0.05) is 22.0 Å². The van der Waals surface area contributed by atoms with Crippen molar-refractivity contribution in [3.63, 3.8) is 0 Å². The molecular formula is C18H12N2O5. The third-order valence-electron chi connectivity index (χ3n) is 3.84. The number of phenolic OH excluding ortho intramolecular Hbond substituents is 1. The Hall–Kier alpha value is -3.74. The minimum Gasteiger partial charge on any atom is -0.508 e. The highest BCUT2D eigenvalue weighted by molar-refractivity contribution is 6.10. The van der Waals surface area contributed by atoms with Crippen molar-refractivity contribution in [2.24, 2.45) is 0 Å². The molecule has 0 aliphatic carbocycles. The zero-order chi connectivity index (χ0) is 17.6. The predicted octanol–water partition coefficient (Wildman–Crippen LogP) is 3.94. The van der Waals surface area contributed by atoms with Gasteiger partial charge in [0.05, 0.1) is 5.69 Å². The molecule has 0 aliphatic rings. The highest BCUT2D eigenvalue weighted by atomic mass is 16.4. The number of carbonyl (C=O) groups excluding carboxylic acids is 1. The van der Waals surface area contributed by atoms with Crippen molar-refractivity contribution in [1.29, 1.82) is 0 Å². The van der Waals surface area contributed by atoms with E-state index in [1.165, 1.54) is 12.1 Å². The summed E-state index contributed by atoms with van der Waals surface area (Å²) in [5.74, 6) is -0.0907. The molecule has 7 heteroatoms. The maximum Gasteiger partial charge on any atom is 0.409 e. The highest BCUT2D eigenvalue weighted by Gasteiger charge is 2.17. The fourth-order valence-electron chi connectivity index (χ4n) is 2.73. The summed E-state index contributed by atoms with van der Waals surface area (Å²) >= 11 is 0. The number of fused-ring (bicyclic) bond motifs is 2. The van der Waals surface area contributed by atoms with E-state index < -0.39 is 6.09 Å². The van der Waals surface area contributed by atoms with Gasteiger partial charge in [0.1, 0.15) is 11.3 Å². The van der Waals surface area contributed by atoms with Crippen molar-refractivity contribution < 1.29 is 24.2 Å².